The number of thiophene rings is 1. The van der Waals surface area contributed by atoms with Crippen LogP contribution in [0.4, 0.5) is 0 Å². The van der Waals surface area contributed by atoms with Crippen LogP contribution in [0.5, 0.6) is 11.5 Å². The average Bonchev–Trinajstić information content (AvgIpc) is 2.86. The zero-order chi connectivity index (χ0) is 14.7. The van der Waals surface area contributed by atoms with E-state index in [0.29, 0.717) is 0 Å². The molecule has 1 heterocycles. The molecule has 0 saturated carbocycles. The van der Waals surface area contributed by atoms with E-state index in [1.54, 1.807) is 25.6 Å². The molecule has 1 aromatic carbocycles. The van der Waals surface area contributed by atoms with Crippen molar-refractivity contribution in [3.63, 3.8) is 0 Å². The molecule has 0 aliphatic heterocycles. The molecule has 2 rings (SSSR count). The number of nitrogens with two attached hydrogens (primary N) is 1. The van der Waals surface area contributed by atoms with Gasteiger partial charge in [-0.3, -0.25) is 5.84 Å². The minimum absolute atomic E-state index is 0.126. The Balaban J connectivity index is 2.56. The largest absolute Gasteiger partial charge is 0.495 e. The van der Waals surface area contributed by atoms with Crippen molar-refractivity contribution in [3.8, 4) is 11.5 Å². The van der Waals surface area contributed by atoms with Crippen LogP contribution in [0.3, 0.4) is 0 Å². The number of rotatable bonds is 5. The highest BCUT2D eigenvalue weighted by Crippen LogP contribution is 2.41. The van der Waals surface area contributed by atoms with Gasteiger partial charge in [0.2, 0.25) is 0 Å². The Morgan fingerprint density at radius 1 is 1.20 bits per heavy atom. The van der Waals surface area contributed by atoms with Crippen molar-refractivity contribution < 1.29 is 9.47 Å². The van der Waals surface area contributed by atoms with E-state index >= 15 is 0 Å². The van der Waals surface area contributed by atoms with Crippen molar-refractivity contribution in [2.24, 2.45) is 5.84 Å². The van der Waals surface area contributed by atoms with E-state index in [1.165, 1.54) is 5.56 Å². The molecule has 6 heteroatoms. The van der Waals surface area contributed by atoms with Gasteiger partial charge in [-0.2, -0.15) is 11.3 Å². The number of benzene rings is 1. The van der Waals surface area contributed by atoms with E-state index in [9.17, 15) is 0 Å². The number of nitrogens with one attached hydrogen (secondary N) is 1. The maximum atomic E-state index is 5.76. The van der Waals surface area contributed by atoms with Crippen LogP contribution in [-0.4, -0.2) is 14.2 Å². The average molecular weight is 357 g/mol. The van der Waals surface area contributed by atoms with Crippen molar-refractivity contribution in [1.82, 2.24) is 5.43 Å². The number of hydrogen-bond donors (Lipinski definition) is 2. The van der Waals surface area contributed by atoms with Gasteiger partial charge in [0.05, 0.1) is 20.3 Å². The Morgan fingerprint density at radius 2 is 1.95 bits per heavy atom. The lowest BCUT2D eigenvalue weighted by Gasteiger charge is -2.21. The normalized spacial score (nSPS) is 12.2. The summed E-state index contributed by atoms with van der Waals surface area (Å²) in [5.41, 5.74) is 6.18. The van der Waals surface area contributed by atoms with Gasteiger partial charge in [0.1, 0.15) is 16.0 Å². The Kier molecular flexibility index (Phi) is 5.04. The van der Waals surface area contributed by atoms with Gasteiger partial charge in [-0.1, -0.05) is 0 Å². The maximum absolute atomic E-state index is 5.76. The van der Waals surface area contributed by atoms with Crippen molar-refractivity contribution >= 4 is 27.3 Å². The molecule has 0 radical (unpaired) electrons. The molecule has 0 bridgehead atoms. The summed E-state index contributed by atoms with van der Waals surface area (Å²) < 4.78 is 11.6. The van der Waals surface area contributed by atoms with Crippen molar-refractivity contribution in [3.05, 3.63) is 44.1 Å². The maximum Gasteiger partial charge on any atom is 0.141 e. The number of ether oxygens (including phenoxy) is 2. The molecule has 0 aliphatic rings. The van der Waals surface area contributed by atoms with Crippen LogP contribution in [0.2, 0.25) is 0 Å². The molecular weight excluding hydrogens is 340 g/mol. The monoisotopic (exact) mass is 356 g/mol. The fraction of sp³-hybridized carbons (Fsp3) is 0.286. The second kappa shape index (κ2) is 6.58. The van der Waals surface area contributed by atoms with Gasteiger partial charge in [-0.05, 0) is 56.9 Å². The van der Waals surface area contributed by atoms with E-state index in [0.717, 1.165) is 27.1 Å². The van der Waals surface area contributed by atoms with Crippen molar-refractivity contribution in [2.75, 3.05) is 14.2 Å². The summed E-state index contributed by atoms with van der Waals surface area (Å²) >= 11 is 5.17. The van der Waals surface area contributed by atoms with Crippen LogP contribution in [-0.2, 0) is 0 Å². The number of halogens is 1. The summed E-state index contributed by atoms with van der Waals surface area (Å²) in [4.78, 5) is 0. The Labute approximate surface area is 131 Å². The van der Waals surface area contributed by atoms with E-state index in [4.69, 9.17) is 15.3 Å². The lowest BCUT2D eigenvalue weighted by atomic mass is 9.98. The summed E-state index contributed by atoms with van der Waals surface area (Å²) in [6.07, 6.45) is 0. The topological polar surface area (TPSA) is 56.5 Å². The van der Waals surface area contributed by atoms with Crippen LogP contribution in [0.1, 0.15) is 22.7 Å². The third-order valence-corrected chi connectivity index (χ3v) is 4.83. The molecule has 0 aliphatic carbocycles. The smallest absolute Gasteiger partial charge is 0.141 e. The highest BCUT2D eigenvalue weighted by molar-refractivity contribution is 9.10. The zero-order valence-electron chi connectivity index (χ0n) is 11.6. The van der Waals surface area contributed by atoms with Crippen LogP contribution in [0.25, 0.3) is 0 Å². The minimum Gasteiger partial charge on any atom is -0.495 e. The molecule has 1 unspecified atom stereocenters. The molecule has 0 fully saturated rings. The third kappa shape index (κ3) is 2.69. The summed E-state index contributed by atoms with van der Waals surface area (Å²) in [6.45, 7) is 2.07. The third-order valence-electron chi connectivity index (χ3n) is 3.20. The van der Waals surface area contributed by atoms with Gasteiger partial charge >= 0.3 is 0 Å². The molecule has 0 amide bonds. The molecule has 0 spiro atoms. The first-order valence-corrected chi connectivity index (χ1v) is 7.76. The van der Waals surface area contributed by atoms with Crippen LogP contribution in [0, 0.1) is 6.92 Å². The van der Waals surface area contributed by atoms with Gasteiger partial charge in [0.25, 0.3) is 0 Å². The highest BCUT2D eigenvalue weighted by Gasteiger charge is 2.22. The molecule has 4 nitrogen and oxygen atoms in total. The predicted octanol–water partition coefficient (Wildman–Crippen LogP) is 3.39. The van der Waals surface area contributed by atoms with E-state index in [-0.39, 0.29) is 6.04 Å². The van der Waals surface area contributed by atoms with Crippen molar-refractivity contribution in [2.45, 2.75) is 13.0 Å². The first kappa shape index (κ1) is 15.3. The summed E-state index contributed by atoms with van der Waals surface area (Å²) in [6, 6.07) is 3.73. The highest BCUT2D eigenvalue weighted by atomic mass is 79.9. The SMILES string of the molecule is COc1ccc(C(NN)c2cscc2C)c(OC)c1Br. The van der Waals surface area contributed by atoms with Crippen LogP contribution in [0.15, 0.2) is 27.4 Å². The molecule has 20 heavy (non-hydrogen) atoms. The Bertz CT molecular complexity index is 601. The molecule has 1 aromatic heterocycles. The molecule has 0 saturated heterocycles. The molecule has 108 valence electrons. The Hall–Kier alpha value is -1.08. The number of aryl methyl sites for hydroxylation is 1. The number of hydrazine groups is 1. The predicted molar refractivity (Wildman–Crippen MR) is 85.5 cm³/mol. The van der Waals surface area contributed by atoms with Gasteiger partial charge in [-0.15, -0.1) is 0 Å². The second-order valence-corrected chi connectivity index (χ2v) is 5.85. The number of methoxy groups -OCH3 is 2. The van der Waals surface area contributed by atoms with Gasteiger partial charge < -0.3 is 9.47 Å². The second-order valence-electron chi connectivity index (χ2n) is 4.31. The van der Waals surface area contributed by atoms with Gasteiger partial charge in [0.15, 0.2) is 0 Å². The first-order valence-electron chi connectivity index (χ1n) is 6.03. The van der Waals surface area contributed by atoms with E-state index in [2.05, 4.69) is 39.0 Å². The molecule has 2 aromatic rings. The lowest BCUT2D eigenvalue weighted by molar-refractivity contribution is 0.383. The molecular formula is C14H17BrN2O2S. The van der Waals surface area contributed by atoms with Gasteiger partial charge in [0, 0.05) is 5.56 Å². The van der Waals surface area contributed by atoms with E-state index in [1.807, 2.05) is 12.1 Å². The fourth-order valence-electron chi connectivity index (χ4n) is 2.16. The summed E-state index contributed by atoms with van der Waals surface area (Å²) in [7, 11) is 3.26. The first-order chi connectivity index (χ1) is 9.63. The lowest BCUT2D eigenvalue weighted by Crippen LogP contribution is -2.29. The molecule has 1 atom stereocenters. The zero-order valence-corrected chi connectivity index (χ0v) is 14.0. The summed E-state index contributed by atoms with van der Waals surface area (Å²) in [5, 5.41) is 4.20. The minimum atomic E-state index is -0.126. The standard InChI is InChI=1S/C14H17BrN2O2S/c1-8-6-20-7-10(8)13(17-16)9-4-5-11(18-2)12(15)14(9)19-3/h4-7,13,17H,16H2,1-3H3. The Morgan fingerprint density at radius 3 is 2.45 bits per heavy atom. The quantitative estimate of drug-likeness (QED) is 0.636. The number of hydrogen-bond acceptors (Lipinski definition) is 5. The van der Waals surface area contributed by atoms with Crippen LogP contribution < -0.4 is 20.7 Å². The van der Waals surface area contributed by atoms with Crippen molar-refractivity contribution in [1.29, 1.82) is 0 Å². The summed E-state index contributed by atoms with van der Waals surface area (Å²) in [5.74, 6) is 7.21. The van der Waals surface area contributed by atoms with E-state index < -0.39 is 0 Å². The fourth-order valence-corrected chi connectivity index (χ4v) is 3.72. The molecule has 3 N–H and O–H groups in total. The van der Waals surface area contributed by atoms with Crippen LogP contribution >= 0.6 is 27.3 Å². The van der Waals surface area contributed by atoms with Gasteiger partial charge in [-0.25, -0.2) is 5.43 Å².